The fourth-order valence-corrected chi connectivity index (χ4v) is 5.62. The largest absolute Gasteiger partial charge is 0.497 e. The minimum Gasteiger partial charge on any atom is -0.497 e. The number of amides is 1. The lowest BCUT2D eigenvalue weighted by Gasteiger charge is -2.08. The topological polar surface area (TPSA) is 86.0 Å². The second-order valence-electron chi connectivity index (χ2n) is 9.32. The van der Waals surface area contributed by atoms with Gasteiger partial charge in [0.1, 0.15) is 11.3 Å². The van der Waals surface area contributed by atoms with E-state index in [9.17, 15) is 4.79 Å². The first kappa shape index (κ1) is 26.3. The second-order valence-corrected chi connectivity index (χ2v) is 10.4. The number of fused-ring (bicyclic) bond motifs is 2. The standard InChI is InChI=1S/C33H27N3O4S/c1-4-28-29(22-16-15-20-9-5-6-10-21(20)17-22)35-33(41-28)36-31(37)26-18-23-11-7-14-27(39-3)30(23)40-32(26)34-24-12-8-13-25(19-24)38-2/h5-19H,4H2,1-3H3,(H,35,36,37). The Hall–Kier alpha value is -4.95. The first-order valence-corrected chi connectivity index (χ1v) is 14.0. The van der Waals surface area contributed by atoms with Crippen LogP contribution >= 0.6 is 11.3 Å². The molecule has 0 aliphatic rings. The quantitative estimate of drug-likeness (QED) is 0.215. The van der Waals surface area contributed by atoms with E-state index >= 15 is 0 Å². The van der Waals surface area contributed by atoms with Crippen LogP contribution in [0.15, 0.2) is 100 Å². The number of rotatable bonds is 7. The highest BCUT2D eigenvalue weighted by Crippen LogP contribution is 2.34. The van der Waals surface area contributed by atoms with Crippen LogP contribution in [-0.4, -0.2) is 25.1 Å². The van der Waals surface area contributed by atoms with Gasteiger partial charge in [0.2, 0.25) is 5.55 Å². The van der Waals surface area contributed by atoms with Gasteiger partial charge < -0.3 is 13.9 Å². The van der Waals surface area contributed by atoms with E-state index in [0.29, 0.717) is 33.3 Å². The van der Waals surface area contributed by atoms with Gasteiger partial charge in [-0.3, -0.25) is 10.1 Å². The van der Waals surface area contributed by atoms with E-state index < -0.39 is 0 Å². The van der Waals surface area contributed by atoms with Crippen LogP contribution in [0.5, 0.6) is 11.5 Å². The highest BCUT2D eigenvalue weighted by molar-refractivity contribution is 7.16. The van der Waals surface area contributed by atoms with Crippen LogP contribution in [0.4, 0.5) is 10.8 Å². The maximum absolute atomic E-state index is 13.7. The Kier molecular flexibility index (Phi) is 7.22. The summed E-state index contributed by atoms with van der Waals surface area (Å²) in [7, 11) is 3.17. The second kappa shape index (κ2) is 11.3. The van der Waals surface area contributed by atoms with Crippen molar-refractivity contribution < 1.29 is 18.7 Å². The molecule has 0 bridgehead atoms. The van der Waals surface area contributed by atoms with Crippen molar-refractivity contribution in [3.8, 4) is 22.8 Å². The van der Waals surface area contributed by atoms with Crippen LogP contribution in [0.1, 0.15) is 22.2 Å². The van der Waals surface area contributed by atoms with Gasteiger partial charge in [-0.05, 0) is 47.5 Å². The molecule has 6 aromatic rings. The summed E-state index contributed by atoms with van der Waals surface area (Å²) in [5.74, 6) is 0.817. The zero-order valence-electron chi connectivity index (χ0n) is 22.8. The Balaban J connectivity index is 1.42. The first-order chi connectivity index (χ1) is 20.1. The van der Waals surface area contributed by atoms with E-state index in [1.165, 1.54) is 16.7 Å². The van der Waals surface area contributed by atoms with Gasteiger partial charge in [-0.25, -0.2) is 9.98 Å². The van der Waals surface area contributed by atoms with Gasteiger partial charge in [0.25, 0.3) is 5.91 Å². The molecule has 0 spiro atoms. The Morgan fingerprint density at radius 1 is 0.902 bits per heavy atom. The molecular weight excluding hydrogens is 534 g/mol. The third-order valence-electron chi connectivity index (χ3n) is 6.75. The Morgan fingerprint density at radius 3 is 2.51 bits per heavy atom. The molecule has 0 aliphatic heterocycles. The Morgan fingerprint density at radius 2 is 1.71 bits per heavy atom. The van der Waals surface area contributed by atoms with Gasteiger partial charge in [0.05, 0.1) is 25.6 Å². The molecule has 0 saturated heterocycles. The zero-order chi connectivity index (χ0) is 28.3. The summed E-state index contributed by atoms with van der Waals surface area (Å²) in [5, 5.41) is 6.52. The molecule has 204 valence electrons. The van der Waals surface area contributed by atoms with E-state index in [1.807, 2.05) is 42.5 Å². The molecular formula is C33H27N3O4S. The zero-order valence-corrected chi connectivity index (χ0v) is 23.6. The van der Waals surface area contributed by atoms with Gasteiger partial charge in [-0.1, -0.05) is 61.5 Å². The van der Waals surface area contributed by atoms with Crippen LogP contribution in [0.25, 0.3) is 33.0 Å². The van der Waals surface area contributed by atoms with Gasteiger partial charge in [-0.2, -0.15) is 0 Å². The third-order valence-corrected chi connectivity index (χ3v) is 7.86. The number of nitrogens with zero attached hydrogens (tertiary/aromatic N) is 2. The average molecular weight is 562 g/mol. The van der Waals surface area contributed by atoms with Gasteiger partial charge >= 0.3 is 0 Å². The molecule has 0 atom stereocenters. The lowest BCUT2D eigenvalue weighted by atomic mass is 10.0. The van der Waals surface area contributed by atoms with Crippen molar-refractivity contribution in [2.75, 3.05) is 19.5 Å². The number of carbonyl (C=O) groups excluding carboxylic acids is 1. The van der Waals surface area contributed by atoms with E-state index in [4.69, 9.17) is 18.9 Å². The van der Waals surface area contributed by atoms with Crippen molar-refractivity contribution in [3.63, 3.8) is 0 Å². The molecule has 4 aromatic carbocycles. The predicted octanol–water partition coefficient (Wildman–Crippen LogP) is 7.77. The summed E-state index contributed by atoms with van der Waals surface area (Å²) in [6.07, 6.45) is 0.789. The predicted molar refractivity (Wildman–Crippen MR) is 163 cm³/mol. The third kappa shape index (κ3) is 5.29. The van der Waals surface area contributed by atoms with E-state index in [0.717, 1.165) is 27.9 Å². The lowest BCUT2D eigenvalue weighted by molar-refractivity contribution is 0.102. The molecule has 7 nitrogen and oxygen atoms in total. The SMILES string of the molecule is CCc1sc(NC(=O)c2cc3cccc(OC)c3oc2=Nc2cccc(OC)c2)nc1-c1ccc2ccccc2c1. The number of aryl methyl sites for hydroxylation is 1. The normalized spacial score (nSPS) is 11.6. The number of nitrogens with one attached hydrogen (secondary N) is 1. The first-order valence-electron chi connectivity index (χ1n) is 13.2. The molecule has 6 rings (SSSR count). The molecule has 1 N–H and O–H groups in total. The number of para-hydroxylation sites is 1. The molecule has 8 heteroatoms. The fraction of sp³-hybridized carbons (Fsp3) is 0.121. The maximum atomic E-state index is 13.7. The Labute approximate surface area is 240 Å². The van der Waals surface area contributed by atoms with Crippen molar-refractivity contribution in [3.05, 3.63) is 107 Å². The minimum absolute atomic E-state index is 0.148. The van der Waals surface area contributed by atoms with Gasteiger partial charge in [-0.15, -0.1) is 11.3 Å². The number of hydrogen-bond donors (Lipinski definition) is 1. The smallest absolute Gasteiger partial charge is 0.262 e. The number of aromatic nitrogens is 1. The van der Waals surface area contributed by atoms with E-state index in [-0.39, 0.29) is 17.0 Å². The monoisotopic (exact) mass is 561 g/mol. The van der Waals surface area contributed by atoms with Crippen molar-refractivity contribution in [2.45, 2.75) is 13.3 Å². The highest BCUT2D eigenvalue weighted by atomic mass is 32.1. The number of ether oxygens (including phenoxy) is 2. The molecule has 41 heavy (non-hydrogen) atoms. The molecule has 2 aromatic heterocycles. The number of anilines is 1. The number of methoxy groups -OCH3 is 2. The molecule has 2 heterocycles. The Bertz CT molecular complexity index is 1980. The molecule has 0 radical (unpaired) electrons. The molecule has 0 saturated carbocycles. The van der Waals surface area contributed by atoms with Crippen molar-refractivity contribution in [2.24, 2.45) is 4.99 Å². The molecule has 0 unspecified atom stereocenters. The van der Waals surface area contributed by atoms with Gasteiger partial charge in [0, 0.05) is 21.9 Å². The van der Waals surface area contributed by atoms with Crippen LogP contribution in [0.3, 0.4) is 0 Å². The molecule has 0 aliphatic carbocycles. The summed E-state index contributed by atoms with van der Waals surface area (Å²) in [6, 6.07) is 29.1. The number of carbonyl (C=O) groups is 1. The summed E-state index contributed by atoms with van der Waals surface area (Å²) >= 11 is 1.47. The summed E-state index contributed by atoms with van der Waals surface area (Å²) < 4.78 is 17.0. The average Bonchev–Trinajstić information content (AvgIpc) is 3.43. The number of benzene rings is 4. The van der Waals surface area contributed by atoms with E-state index in [1.54, 1.807) is 32.4 Å². The van der Waals surface area contributed by atoms with Crippen molar-refractivity contribution in [1.29, 1.82) is 0 Å². The van der Waals surface area contributed by atoms with Crippen LogP contribution < -0.4 is 20.3 Å². The summed E-state index contributed by atoms with van der Waals surface area (Å²) in [5.41, 5.74) is 3.38. The van der Waals surface area contributed by atoms with Crippen LogP contribution in [0.2, 0.25) is 0 Å². The van der Waals surface area contributed by atoms with Crippen LogP contribution in [0, 0.1) is 0 Å². The van der Waals surface area contributed by atoms with E-state index in [2.05, 4.69) is 47.6 Å². The number of thiazole rings is 1. The van der Waals surface area contributed by atoms with Crippen LogP contribution in [-0.2, 0) is 6.42 Å². The maximum Gasteiger partial charge on any atom is 0.262 e. The highest BCUT2D eigenvalue weighted by Gasteiger charge is 2.19. The summed E-state index contributed by atoms with van der Waals surface area (Å²) in [4.78, 5) is 24.3. The minimum atomic E-state index is -0.374. The fourth-order valence-electron chi connectivity index (χ4n) is 4.70. The van der Waals surface area contributed by atoms with Gasteiger partial charge in [0.15, 0.2) is 16.5 Å². The summed E-state index contributed by atoms with van der Waals surface area (Å²) in [6.45, 7) is 2.09. The number of hydrogen-bond acceptors (Lipinski definition) is 7. The van der Waals surface area contributed by atoms with Crippen molar-refractivity contribution in [1.82, 2.24) is 4.98 Å². The molecule has 1 amide bonds. The molecule has 0 fully saturated rings. The lowest BCUT2D eigenvalue weighted by Crippen LogP contribution is -2.21. The van der Waals surface area contributed by atoms with Crippen molar-refractivity contribution >= 4 is 49.8 Å².